The number of aliphatic hydroxyl groups is 6. The van der Waals surface area contributed by atoms with Gasteiger partial charge in [0.1, 0.15) is 13.2 Å². The van der Waals surface area contributed by atoms with Crippen molar-refractivity contribution in [2.75, 3.05) is 26.3 Å². The van der Waals surface area contributed by atoms with Crippen LogP contribution in [0.15, 0.2) is 23.3 Å². The monoisotopic (exact) mass is 929 g/mol. The fourth-order valence-corrected chi connectivity index (χ4v) is 17.3. The number of carbonyl (C=O) groups is 4. The summed E-state index contributed by atoms with van der Waals surface area (Å²) in [5.74, 6) is -4.39. The van der Waals surface area contributed by atoms with Crippen molar-refractivity contribution in [1.29, 1.82) is 0 Å². The molecule has 0 aromatic rings. The van der Waals surface area contributed by atoms with Crippen LogP contribution in [0.25, 0.3) is 0 Å². The maximum Gasteiger partial charge on any atom is 0.331 e. The van der Waals surface area contributed by atoms with E-state index in [2.05, 4.69) is 25.3 Å². The molecule has 8 fully saturated rings. The van der Waals surface area contributed by atoms with Crippen LogP contribution in [0.5, 0.6) is 0 Å². The molecule has 66 heavy (non-hydrogen) atoms. The fraction of sp³-hybridized carbons (Fsp3) is 0.840. The van der Waals surface area contributed by atoms with Gasteiger partial charge in [-0.15, -0.1) is 0 Å². The van der Waals surface area contributed by atoms with Gasteiger partial charge in [0, 0.05) is 59.5 Å². The van der Waals surface area contributed by atoms with Crippen LogP contribution < -0.4 is 21.7 Å². The van der Waals surface area contributed by atoms with Crippen LogP contribution in [0.3, 0.4) is 0 Å². The number of ether oxygens (including phenoxy) is 2. The van der Waals surface area contributed by atoms with Crippen LogP contribution in [0.1, 0.15) is 142 Å². The minimum atomic E-state index is -1.50. The number of carboxylic acids is 2. The van der Waals surface area contributed by atoms with Crippen molar-refractivity contribution in [3.8, 4) is 0 Å². The van der Waals surface area contributed by atoms with E-state index in [0.717, 1.165) is 37.1 Å². The van der Waals surface area contributed by atoms with E-state index >= 15 is 0 Å². The SMILES string of the molecule is C[C@]12CCC3C(CCC4(O)CC(O)CC[C@]34C(=O)[O-])C1(O)CC[C@H]2C1=CC(=O)OC1.C[C@]12CCC3C(CCC4(O)CC(O)CC[C@]34C(=O)[O-])C1(O)CC[C@H]2C1=CC(=O)OC1.[NH3+]CCCC[NH3+]. The summed E-state index contributed by atoms with van der Waals surface area (Å²) in [6.45, 7) is 6.81. The molecule has 370 valence electrons. The van der Waals surface area contributed by atoms with Crippen molar-refractivity contribution in [1.82, 2.24) is 0 Å². The lowest BCUT2D eigenvalue weighted by atomic mass is 9.41. The van der Waals surface area contributed by atoms with Crippen molar-refractivity contribution in [3.05, 3.63) is 23.3 Å². The Morgan fingerprint density at radius 1 is 0.576 bits per heavy atom. The molecule has 0 aromatic heterocycles. The molecule has 12 N–H and O–H groups in total. The lowest BCUT2D eigenvalue weighted by Gasteiger charge is -2.67. The summed E-state index contributed by atoms with van der Waals surface area (Å²) >= 11 is 0. The Morgan fingerprint density at radius 2 is 0.939 bits per heavy atom. The van der Waals surface area contributed by atoms with E-state index in [-0.39, 0.29) is 99.2 Å². The molecule has 0 saturated heterocycles. The number of quaternary nitrogens is 2. The van der Waals surface area contributed by atoms with E-state index in [0.29, 0.717) is 64.2 Å². The highest BCUT2D eigenvalue weighted by Crippen LogP contribution is 2.72. The Labute approximate surface area is 387 Å². The maximum atomic E-state index is 12.6. The molecule has 0 amide bonds. The van der Waals surface area contributed by atoms with Crippen molar-refractivity contribution < 1.29 is 81.0 Å². The van der Waals surface area contributed by atoms with Gasteiger partial charge in [0.15, 0.2) is 0 Å². The first-order valence-corrected chi connectivity index (χ1v) is 25.1. The molecule has 0 bridgehead atoms. The Hall–Kier alpha value is -2.96. The smallest absolute Gasteiger partial charge is 0.331 e. The second-order valence-corrected chi connectivity index (χ2v) is 22.9. The lowest BCUT2D eigenvalue weighted by molar-refractivity contribution is -0.384. The van der Waals surface area contributed by atoms with E-state index in [1.54, 1.807) is 12.2 Å². The van der Waals surface area contributed by atoms with Crippen molar-refractivity contribution in [3.63, 3.8) is 0 Å². The third-order valence-corrected chi connectivity index (χ3v) is 20.6. The van der Waals surface area contributed by atoms with E-state index in [1.807, 2.05) is 0 Å². The molecule has 2 aliphatic heterocycles. The molecular weight excluding hydrogens is 853 g/mol. The number of carbonyl (C=O) groups excluding carboxylic acids is 4. The van der Waals surface area contributed by atoms with Crippen LogP contribution in [-0.2, 0) is 28.7 Å². The normalized spacial score (nSPS) is 48.7. The molecule has 10 unspecified atom stereocenters. The minimum Gasteiger partial charge on any atom is -0.549 e. The number of unbranched alkanes of at least 4 members (excludes halogenated alkanes) is 1. The van der Waals surface area contributed by atoms with Gasteiger partial charge >= 0.3 is 11.9 Å². The molecule has 16 heteroatoms. The summed E-state index contributed by atoms with van der Waals surface area (Å²) in [5, 5.41) is 92.5. The predicted molar refractivity (Wildman–Crippen MR) is 230 cm³/mol. The van der Waals surface area contributed by atoms with E-state index in [1.165, 1.54) is 12.8 Å². The predicted octanol–water partition coefficient (Wildman–Crippen LogP) is -0.851. The number of rotatable bonds is 7. The molecule has 10 rings (SSSR count). The summed E-state index contributed by atoms with van der Waals surface area (Å²) < 4.78 is 10.3. The first-order chi connectivity index (χ1) is 31.1. The van der Waals surface area contributed by atoms with Gasteiger partial charge in [-0.25, -0.2) is 9.59 Å². The van der Waals surface area contributed by atoms with Gasteiger partial charge in [-0.2, -0.15) is 0 Å². The summed E-state index contributed by atoms with van der Waals surface area (Å²) in [6, 6.07) is 0. The van der Waals surface area contributed by atoms with Gasteiger partial charge in [-0.1, -0.05) is 13.8 Å². The quantitative estimate of drug-likeness (QED) is 0.114. The molecule has 8 saturated carbocycles. The zero-order valence-electron chi connectivity index (χ0n) is 39.1. The molecule has 10 aliphatic rings. The fourth-order valence-electron chi connectivity index (χ4n) is 17.3. The van der Waals surface area contributed by atoms with Crippen molar-refractivity contribution >= 4 is 23.9 Å². The second kappa shape index (κ2) is 17.5. The minimum absolute atomic E-state index is 0.0304. The van der Waals surface area contributed by atoms with E-state index < -0.39 is 68.2 Å². The standard InChI is InChI=1S/2C23H32O7.C4H12N2/c2*1-20-6-3-16-17(23(20,29)9-5-15(20)13-10-18(25)30-12-13)4-7-21(28)11-14(24)2-8-22(16,21)19(26)27;5-3-1-2-4-6/h2*10,14-17,24,28-29H,2-9,11-12H2,1H3,(H,26,27);1-6H2/t2*14?,15-,16?,17?,20+,21?,22+,23?;/m00./s1. The highest BCUT2D eigenvalue weighted by Gasteiger charge is 2.73. The Balaban J connectivity index is 0.000000160. The molecule has 16 atom stereocenters. The summed E-state index contributed by atoms with van der Waals surface area (Å²) in [7, 11) is 0. The van der Waals surface area contributed by atoms with Crippen molar-refractivity contribution in [2.24, 2.45) is 57.2 Å². The van der Waals surface area contributed by atoms with Gasteiger partial charge in [-0.3, -0.25) is 0 Å². The number of aliphatic hydroxyl groups excluding tert-OH is 2. The molecule has 8 aliphatic carbocycles. The molecule has 0 radical (unpaired) electrons. The number of esters is 2. The van der Waals surface area contributed by atoms with Crippen LogP contribution in [0.2, 0.25) is 0 Å². The Morgan fingerprint density at radius 3 is 1.26 bits per heavy atom. The first-order valence-electron chi connectivity index (χ1n) is 25.1. The molecule has 0 aromatic carbocycles. The van der Waals surface area contributed by atoms with Crippen LogP contribution >= 0.6 is 0 Å². The largest absolute Gasteiger partial charge is 0.549 e. The summed E-state index contributed by atoms with van der Waals surface area (Å²) in [4.78, 5) is 48.4. The molecule has 2 heterocycles. The number of hydrogen-bond donors (Lipinski definition) is 8. The number of carboxylic acid groups (broad SMARTS) is 2. The van der Waals surface area contributed by atoms with E-state index in [9.17, 15) is 60.0 Å². The average molecular weight is 929 g/mol. The maximum absolute atomic E-state index is 12.6. The van der Waals surface area contributed by atoms with Crippen LogP contribution in [0.4, 0.5) is 0 Å². The molecule has 16 nitrogen and oxygen atoms in total. The second-order valence-electron chi connectivity index (χ2n) is 22.9. The molecule has 0 spiro atoms. The van der Waals surface area contributed by atoms with Gasteiger partial charge in [0.2, 0.25) is 0 Å². The number of hydrogen-bond acceptors (Lipinski definition) is 14. The van der Waals surface area contributed by atoms with Crippen LogP contribution in [0, 0.1) is 57.2 Å². The summed E-state index contributed by atoms with van der Waals surface area (Å²) in [6.07, 6.45) is 11.8. The third kappa shape index (κ3) is 7.10. The lowest BCUT2D eigenvalue weighted by Crippen LogP contribution is -2.72. The summed E-state index contributed by atoms with van der Waals surface area (Å²) in [5.41, 5.74) is 0.324. The van der Waals surface area contributed by atoms with Crippen molar-refractivity contribution in [2.45, 2.75) is 177 Å². The number of fused-ring (bicyclic) bond motifs is 10. The van der Waals surface area contributed by atoms with E-state index in [4.69, 9.17) is 9.47 Å². The first kappa shape index (κ1) is 49.5. The Bertz CT molecular complexity index is 1860. The van der Waals surface area contributed by atoms with Gasteiger partial charge in [0.05, 0.1) is 59.6 Å². The zero-order valence-corrected chi connectivity index (χ0v) is 39.1. The highest BCUT2D eigenvalue weighted by atomic mass is 16.5. The number of aliphatic carboxylic acids is 2. The zero-order chi connectivity index (χ0) is 47.9. The van der Waals surface area contributed by atoms with Gasteiger partial charge in [-0.05, 0) is 149 Å². The van der Waals surface area contributed by atoms with Gasteiger partial charge in [0.25, 0.3) is 0 Å². The van der Waals surface area contributed by atoms with Gasteiger partial charge < -0.3 is 71.4 Å². The number of cyclic esters (lactones) is 2. The average Bonchev–Trinajstić information content (AvgIpc) is 4.02. The topological polar surface area (TPSA) is 310 Å². The highest BCUT2D eigenvalue weighted by molar-refractivity contribution is 5.86. The third-order valence-electron chi connectivity index (χ3n) is 20.6. The van der Waals surface area contributed by atoms with Crippen LogP contribution in [-0.4, -0.2) is 115 Å². The molecular formula is C50H76N2O14. The Kier molecular flexibility index (Phi) is 13.1.